The molecule has 0 unspecified atom stereocenters. The minimum atomic E-state index is -0.663. The van der Waals surface area contributed by atoms with Crippen molar-refractivity contribution in [3.63, 3.8) is 0 Å². The molecule has 0 atom stereocenters. The van der Waals surface area contributed by atoms with Gasteiger partial charge in [-0.25, -0.2) is 4.79 Å². The standard InChI is InChI=1S/C9H16O4/c1-8(2)13-9(11)12-7-5-3-4-6-10/h3,5,8,10H,4,6-7H2,1-2H3/b5-3+. The van der Waals surface area contributed by atoms with Gasteiger partial charge >= 0.3 is 6.16 Å². The summed E-state index contributed by atoms with van der Waals surface area (Å²) in [5.74, 6) is 0. The van der Waals surface area contributed by atoms with E-state index < -0.39 is 6.16 Å². The van der Waals surface area contributed by atoms with Crippen LogP contribution in [0.4, 0.5) is 4.79 Å². The predicted molar refractivity (Wildman–Crippen MR) is 48.4 cm³/mol. The van der Waals surface area contributed by atoms with Crippen molar-refractivity contribution in [2.75, 3.05) is 13.2 Å². The van der Waals surface area contributed by atoms with E-state index in [2.05, 4.69) is 4.74 Å². The molecule has 0 aliphatic heterocycles. The third kappa shape index (κ3) is 8.88. The molecule has 4 nitrogen and oxygen atoms in total. The lowest BCUT2D eigenvalue weighted by Crippen LogP contribution is -2.12. The SMILES string of the molecule is CC(C)OC(=O)OC/C=C/CCO. The van der Waals surface area contributed by atoms with Crippen molar-refractivity contribution in [3.05, 3.63) is 12.2 Å². The Morgan fingerprint density at radius 2 is 2.15 bits per heavy atom. The summed E-state index contributed by atoms with van der Waals surface area (Å²) in [5, 5.41) is 8.41. The largest absolute Gasteiger partial charge is 0.508 e. The van der Waals surface area contributed by atoms with Crippen LogP contribution < -0.4 is 0 Å². The smallest absolute Gasteiger partial charge is 0.432 e. The molecule has 13 heavy (non-hydrogen) atoms. The molecule has 1 N–H and O–H groups in total. The lowest BCUT2D eigenvalue weighted by atomic mass is 10.4. The lowest BCUT2D eigenvalue weighted by Gasteiger charge is -2.06. The van der Waals surface area contributed by atoms with Crippen molar-refractivity contribution >= 4 is 6.16 Å². The van der Waals surface area contributed by atoms with Crippen molar-refractivity contribution < 1.29 is 19.4 Å². The van der Waals surface area contributed by atoms with Gasteiger partial charge in [0.2, 0.25) is 0 Å². The van der Waals surface area contributed by atoms with Crippen LogP contribution in [-0.4, -0.2) is 30.6 Å². The summed E-state index contributed by atoms with van der Waals surface area (Å²) in [7, 11) is 0. The zero-order chi connectivity index (χ0) is 10.1. The van der Waals surface area contributed by atoms with Crippen LogP contribution in [0.3, 0.4) is 0 Å². The molecule has 0 saturated carbocycles. The summed E-state index contributed by atoms with van der Waals surface area (Å²) >= 11 is 0. The Morgan fingerprint density at radius 1 is 1.46 bits per heavy atom. The molecule has 0 aromatic heterocycles. The van der Waals surface area contributed by atoms with E-state index in [0.717, 1.165) is 0 Å². The molecule has 0 amide bonds. The fourth-order valence-corrected chi connectivity index (χ4v) is 0.603. The first-order valence-electron chi connectivity index (χ1n) is 4.26. The molecule has 0 radical (unpaired) electrons. The number of hydrogen-bond acceptors (Lipinski definition) is 4. The van der Waals surface area contributed by atoms with Gasteiger partial charge in [0.05, 0.1) is 6.10 Å². The van der Waals surface area contributed by atoms with Crippen LogP contribution in [-0.2, 0) is 9.47 Å². The number of ether oxygens (including phenoxy) is 2. The summed E-state index contributed by atoms with van der Waals surface area (Å²) < 4.78 is 9.38. The summed E-state index contributed by atoms with van der Waals surface area (Å²) in [6.45, 7) is 3.80. The van der Waals surface area contributed by atoms with Gasteiger partial charge in [-0.2, -0.15) is 0 Å². The third-order valence-corrected chi connectivity index (χ3v) is 1.09. The Labute approximate surface area is 78.2 Å². The Balaban J connectivity index is 3.36. The minimum Gasteiger partial charge on any atom is -0.432 e. The molecular formula is C9H16O4. The Kier molecular flexibility index (Phi) is 7.01. The number of carbonyl (C=O) groups excluding carboxylic acids is 1. The van der Waals surface area contributed by atoms with Gasteiger partial charge in [0, 0.05) is 6.61 Å². The first-order chi connectivity index (χ1) is 6.16. The predicted octanol–water partition coefficient (Wildman–Crippen LogP) is 1.49. The maximum Gasteiger partial charge on any atom is 0.508 e. The van der Waals surface area contributed by atoms with E-state index in [9.17, 15) is 4.79 Å². The maximum absolute atomic E-state index is 10.8. The highest BCUT2D eigenvalue weighted by Gasteiger charge is 2.03. The van der Waals surface area contributed by atoms with Gasteiger partial charge in [0.15, 0.2) is 0 Å². The third-order valence-electron chi connectivity index (χ3n) is 1.09. The van der Waals surface area contributed by atoms with Gasteiger partial charge in [-0.15, -0.1) is 0 Å². The van der Waals surface area contributed by atoms with Gasteiger partial charge in [-0.3, -0.25) is 0 Å². The van der Waals surface area contributed by atoms with Crippen LogP contribution in [0.2, 0.25) is 0 Å². The molecule has 0 spiro atoms. The Bertz CT molecular complexity index is 163. The minimum absolute atomic E-state index is 0.104. The second kappa shape index (κ2) is 7.61. The van der Waals surface area contributed by atoms with Gasteiger partial charge in [0.25, 0.3) is 0 Å². The molecule has 0 fully saturated rings. The fraction of sp³-hybridized carbons (Fsp3) is 0.667. The highest BCUT2D eigenvalue weighted by atomic mass is 16.7. The monoisotopic (exact) mass is 188 g/mol. The zero-order valence-corrected chi connectivity index (χ0v) is 8.03. The van der Waals surface area contributed by atoms with Crippen molar-refractivity contribution in [2.24, 2.45) is 0 Å². The average molecular weight is 188 g/mol. The molecule has 0 aliphatic rings. The van der Waals surface area contributed by atoms with E-state index in [0.29, 0.717) is 6.42 Å². The van der Waals surface area contributed by atoms with Crippen molar-refractivity contribution in [2.45, 2.75) is 26.4 Å². The highest BCUT2D eigenvalue weighted by molar-refractivity contribution is 5.60. The van der Waals surface area contributed by atoms with Crippen LogP contribution in [0.25, 0.3) is 0 Å². The van der Waals surface area contributed by atoms with E-state index in [1.165, 1.54) is 0 Å². The quantitative estimate of drug-likeness (QED) is 0.524. The molecule has 0 rings (SSSR count). The summed E-state index contributed by atoms with van der Waals surface area (Å²) in [5.41, 5.74) is 0. The second-order valence-corrected chi connectivity index (χ2v) is 2.71. The van der Waals surface area contributed by atoms with Crippen molar-refractivity contribution in [1.82, 2.24) is 0 Å². The summed E-state index contributed by atoms with van der Waals surface area (Å²) in [6.07, 6.45) is 3.15. The number of hydrogen-bond donors (Lipinski definition) is 1. The van der Waals surface area contributed by atoms with Crippen molar-refractivity contribution in [1.29, 1.82) is 0 Å². The number of aliphatic hydroxyl groups excluding tert-OH is 1. The first-order valence-corrected chi connectivity index (χ1v) is 4.26. The molecule has 76 valence electrons. The molecule has 0 saturated heterocycles. The van der Waals surface area contributed by atoms with Crippen LogP contribution in [0, 0.1) is 0 Å². The normalized spacial score (nSPS) is 10.8. The molecule has 0 heterocycles. The van der Waals surface area contributed by atoms with Gasteiger partial charge < -0.3 is 14.6 Å². The van der Waals surface area contributed by atoms with E-state index in [-0.39, 0.29) is 19.3 Å². The first kappa shape index (κ1) is 12.0. The molecule has 0 bridgehead atoms. The molecule has 4 heteroatoms. The molecule has 0 aromatic rings. The average Bonchev–Trinajstić information content (AvgIpc) is 2.02. The van der Waals surface area contributed by atoms with Crippen LogP contribution >= 0.6 is 0 Å². The van der Waals surface area contributed by atoms with E-state index in [4.69, 9.17) is 9.84 Å². The Morgan fingerprint density at radius 3 is 2.69 bits per heavy atom. The van der Waals surface area contributed by atoms with Gasteiger partial charge in [-0.1, -0.05) is 12.2 Å². The highest BCUT2D eigenvalue weighted by Crippen LogP contribution is 1.92. The fourth-order valence-electron chi connectivity index (χ4n) is 0.603. The molecular weight excluding hydrogens is 172 g/mol. The van der Waals surface area contributed by atoms with Crippen LogP contribution in [0.1, 0.15) is 20.3 Å². The van der Waals surface area contributed by atoms with E-state index in [1.807, 2.05) is 0 Å². The van der Waals surface area contributed by atoms with Crippen LogP contribution in [0.15, 0.2) is 12.2 Å². The maximum atomic E-state index is 10.8. The number of rotatable bonds is 5. The van der Waals surface area contributed by atoms with Crippen LogP contribution in [0.5, 0.6) is 0 Å². The van der Waals surface area contributed by atoms with Gasteiger partial charge in [0.1, 0.15) is 6.61 Å². The topological polar surface area (TPSA) is 55.8 Å². The Hall–Kier alpha value is -1.03. The lowest BCUT2D eigenvalue weighted by molar-refractivity contribution is 0.0414. The molecule has 0 aromatic carbocycles. The molecule has 0 aliphatic carbocycles. The van der Waals surface area contributed by atoms with E-state index in [1.54, 1.807) is 26.0 Å². The number of carbonyl (C=O) groups is 1. The summed E-state index contributed by atoms with van der Waals surface area (Å²) in [4.78, 5) is 10.8. The summed E-state index contributed by atoms with van der Waals surface area (Å²) in [6, 6.07) is 0. The van der Waals surface area contributed by atoms with E-state index >= 15 is 0 Å². The number of aliphatic hydroxyl groups is 1. The zero-order valence-electron chi connectivity index (χ0n) is 8.03. The second-order valence-electron chi connectivity index (χ2n) is 2.71. The van der Waals surface area contributed by atoms with Crippen molar-refractivity contribution in [3.8, 4) is 0 Å². The van der Waals surface area contributed by atoms with Gasteiger partial charge in [-0.05, 0) is 20.3 Å².